The Kier molecular flexibility index (Phi) is 2.19. The Balaban J connectivity index is 2.92. The lowest BCUT2D eigenvalue weighted by atomic mass is 10.0. The zero-order valence-electron chi connectivity index (χ0n) is 9.56. The quantitative estimate of drug-likeness (QED) is 0.476. The third-order valence-electron chi connectivity index (χ3n) is 3.19. The van der Waals surface area contributed by atoms with Crippen molar-refractivity contribution in [1.82, 2.24) is 0 Å². The smallest absolute Gasteiger partial charge is 0.237 e. The van der Waals surface area contributed by atoms with Crippen LogP contribution >= 0.6 is 0 Å². The van der Waals surface area contributed by atoms with Gasteiger partial charge in [0.25, 0.3) is 0 Å². The summed E-state index contributed by atoms with van der Waals surface area (Å²) in [7, 11) is 0. The fraction of sp³-hybridized carbons (Fsp3) is 0.0714. The van der Waals surface area contributed by atoms with Crippen LogP contribution in [0, 0.1) is 10.4 Å². The Hall–Kier alpha value is -2.69. The number of hydrogen-bond acceptors (Lipinski definition) is 5. The van der Waals surface area contributed by atoms with Gasteiger partial charge in [0.1, 0.15) is 0 Å². The first-order chi connectivity index (χ1) is 9.00. The summed E-state index contributed by atoms with van der Waals surface area (Å²) in [5.74, 6) is -0.272. The van der Waals surface area contributed by atoms with E-state index in [1.165, 1.54) is 6.08 Å². The van der Waals surface area contributed by atoms with Gasteiger partial charge in [-0.2, -0.15) is 0 Å². The van der Waals surface area contributed by atoms with Crippen LogP contribution in [-0.4, -0.2) is 5.78 Å². The van der Waals surface area contributed by atoms with E-state index >= 15 is 0 Å². The zero-order valence-corrected chi connectivity index (χ0v) is 9.56. The normalized spacial score (nSPS) is 13.8. The van der Waals surface area contributed by atoms with Gasteiger partial charge in [-0.25, -0.2) is 0 Å². The summed E-state index contributed by atoms with van der Waals surface area (Å²) in [5.41, 5.74) is -3.01. The molecule has 0 bridgehead atoms. The minimum atomic E-state index is -0.965. The highest BCUT2D eigenvalue weighted by Gasteiger charge is 2.12. The number of rotatable bonds is 0. The van der Waals surface area contributed by atoms with E-state index in [2.05, 4.69) is 0 Å². The van der Waals surface area contributed by atoms with Crippen LogP contribution in [0.25, 0.3) is 12.2 Å². The predicted molar refractivity (Wildman–Crippen MR) is 67.0 cm³/mol. The SMILES string of the molecule is O=C1C=c2c(=O)c3ccc(=O)c(=O)c=3c(=O)c2=CC1. The van der Waals surface area contributed by atoms with E-state index in [-0.39, 0.29) is 33.1 Å². The van der Waals surface area contributed by atoms with Crippen LogP contribution in [0.1, 0.15) is 6.42 Å². The van der Waals surface area contributed by atoms with Crippen molar-refractivity contribution < 1.29 is 4.79 Å². The standard InChI is InChI=1S/C14H6O5/c15-6-1-2-7-9(5-6)12(17)8-3-4-10(16)14(19)11(8)13(7)18/h2-5H,1H2. The Labute approximate surface area is 104 Å². The molecule has 5 nitrogen and oxygen atoms in total. The Morgan fingerprint density at radius 1 is 0.789 bits per heavy atom. The van der Waals surface area contributed by atoms with E-state index < -0.39 is 21.7 Å². The zero-order chi connectivity index (χ0) is 13.7. The van der Waals surface area contributed by atoms with Crippen molar-refractivity contribution in [2.75, 3.05) is 0 Å². The lowest BCUT2D eigenvalue weighted by Crippen LogP contribution is -2.52. The molecule has 0 aromatic rings. The van der Waals surface area contributed by atoms with Crippen molar-refractivity contribution in [2.24, 2.45) is 0 Å². The van der Waals surface area contributed by atoms with Crippen LogP contribution in [0.3, 0.4) is 0 Å². The summed E-state index contributed by atoms with van der Waals surface area (Å²) < 4.78 is 0. The molecule has 0 saturated heterocycles. The van der Waals surface area contributed by atoms with Crippen molar-refractivity contribution in [3.05, 3.63) is 73.9 Å². The molecule has 92 valence electrons. The largest absolute Gasteiger partial charge is 0.294 e. The maximum atomic E-state index is 12.2. The summed E-state index contributed by atoms with van der Waals surface area (Å²) >= 11 is 0. The molecule has 3 rings (SSSR count). The second kappa shape index (κ2) is 3.65. The average molecular weight is 254 g/mol. The van der Waals surface area contributed by atoms with Gasteiger partial charge in [0.15, 0.2) is 16.6 Å². The molecule has 0 aromatic heterocycles. The average Bonchev–Trinajstić information content (AvgIpc) is 2.39. The highest BCUT2D eigenvalue weighted by molar-refractivity contribution is 6.09. The van der Waals surface area contributed by atoms with Crippen molar-refractivity contribution in [3.63, 3.8) is 0 Å². The van der Waals surface area contributed by atoms with Crippen LogP contribution in [0.5, 0.6) is 0 Å². The molecule has 0 amide bonds. The summed E-state index contributed by atoms with van der Waals surface area (Å²) in [6, 6.07) is 2.13. The fourth-order valence-electron chi connectivity index (χ4n) is 2.27. The van der Waals surface area contributed by atoms with Crippen molar-refractivity contribution in [3.8, 4) is 0 Å². The second-order valence-electron chi connectivity index (χ2n) is 4.32. The minimum absolute atomic E-state index is 0.00630. The van der Waals surface area contributed by atoms with Crippen molar-refractivity contribution in [1.29, 1.82) is 0 Å². The molecule has 0 saturated carbocycles. The molecule has 0 atom stereocenters. The first-order valence-electron chi connectivity index (χ1n) is 5.56. The Morgan fingerprint density at radius 2 is 1.53 bits per heavy atom. The number of carbonyl (C=O) groups excluding carboxylic acids is 1. The summed E-state index contributed by atoms with van der Waals surface area (Å²) in [6.45, 7) is 0. The van der Waals surface area contributed by atoms with Gasteiger partial charge in [-0.3, -0.25) is 24.0 Å². The molecule has 0 heterocycles. The molecule has 0 aliphatic heterocycles. The predicted octanol–water partition coefficient (Wildman–Crippen LogP) is -2.74. The molecule has 5 heteroatoms. The lowest BCUT2D eigenvalue weighted by molar-refractivity contribution is -0.112. The highest BCUT2D eigenvalue weighted by atomic mass is 16.2. The van der Waals surface area contributed by atoms with Crippen LogP contribution in [-0.2, 0) is 4.79 Å². The fourth-order valence-corrected chi connectivity index (χ4v) is 2.27. The third kappa shape index (κ3) is 1.45. The topological polar surface area (TPSA) is 85.3 Å². The van der Waals surface area contributed by atoms with Gasteiger partial charge in [0.05, 0.1) is 5.22 Å². The van der Waals surface area contributed by atoms with Gasteiger partial charge in [0, 0.05) is 22.1 Å². The number of fused-ring (bicyclic) bond motifs is 1. The number of carbonyl (C=O) groups is 1. The van der Waals surface area contributed by atoms with Gasteiger partial charge in [-0.15, -0.1) is 0 Å². The van der Waals surface area contributed by atoms with Crippen LogP contribution in [0.2, 0.25) is 0 Å². The van der Waals surface area contributed by atoms with E-state index in [4.69, 9.17) is 0 Å². The third-order valence-corrected chi connectivity index (χ3v) is 3.19. The van der Waals surface area contributed by atoms with Gasteiger partial charge in [-0.1, -0.05) is 6.08 Å². The van der Waals surface area contributed by atoms with E-state index in [0.29, 0.717) is 0 Å². The monoisotopic (exact) mass is 254 g/mol. The number of Topliss-reactive ketones (excluding diaryl/α,β-unsaturated/α-hetero) is 1. The minimum Gasteiger partial charge on any atom is -0.294 e. The molecule has 0 radical (unpaired) electrons. The maximum Gasteiger partial charge on any atom is 0.237 e. The molecule has 19 heavy (non-hydrogen) atoms. The van der Waals surface area contributed by atoms with E-state index in [9.17, 15) is 24.0 Å². The Bertz CT molecular complexity index is 1120. The molecule has 0 aromatic carbocycles. The Morgan fingerprint density at radius 3 is 2.26 bits per heavy atom. The van der Waals surface area contributed by atoms with Gasteiger partial charge in [0.2, 0.25) is 10.9 Å². The molecule has 3 aliphatic carbocycles. The first kappa shape index (κ1) is 11.4. The molecular weight excluding hydrogens is 248 g/mol. The van der Waals surface area contributed by atoms with Crippen molar-refractivity contribution in [2.45, 2.75) is 6.42 Å². The maximum absolute atomic E-state index is 12.2. The molecule has 3 aliphatic rings. The summed E-state index contributed by atoms with van der Waals surface area (Å²) in [5, 5.41) is -0.436. The molecule has 0 fully saturated rings. The van der Waals surface area contributed by atoms with Crippen LogP contribution in [0.4, 0.5) is 0 Å². The van der Waals surface area contributed by atoms with E-state index in [1.807, 2.05) is 0 Å². The number of hydrogen-bond donors (Lipinski definition) is 0. The molecular formula is C14H6O5. The van der Waals surface area contributed by atoms with Gasteiger partial charge >= 0.3 is 0 Å². The van der Waals surface area contributed by atoms with E-state index in [1.54, 1.807) is 0 Å². The van der Waals surface area contributed by atoms with Crippen LogP contribution < -0.4 is 32.2 Å². The highest BCUT2D eigenvalue weighted by Crippen LogP contribution is 1.88. The van der Waals surface area contributed by atoms with E-state index in [0.717, 1.165) is 18.2 Å². The molecule has 0 N–H and O–H groups in total. The summed E-state index contributed by atoms with van der Waals surface area (Å²) in [6.07, 6.45) is 2.46. The molecule has 0 spiro atoms. The van der Waals surface area contributed by atoms with Gasteiger partial charge < -0.3 is 0 Å². The summed E-state index contributed by atoms with van der Waals surface area (Å²) in [4.78, 5) is 58.6. The first-order valence-corrected chi connectivity index (χ1v) is 5.56. The molecule has 0 unspecified atom stereocenters. The number of ketones is 1. The van der Waals surface area contributed by atoms with Crippen molar-refractivity contribution >= 4 is 17.9 Å². The van der Waals surface area contributed by atoms with Gasteiger partial charge in [-0.05, 0) is 18.2 Å². The second-order valence-corrected chi connectivity index (χ2v) is 4.32. The lowest BCUT2D eigenvalue weighted by Gasteiger charge is -1.98. The van der Waals surface area contributed by atoms with Crippen LogP contribution in [0.15, 0.2) is 31.3 Å².